The molecule has 0 bridgehead atoms. The Bertz CT molecular complexity index is 423. The van der Waals surface area contributed by atoms with E-state index in [2.05, 4.69) is 25.7 Å². The summed E-state index contributed by atoms with van der Waals surface area (Å²) in [5.74, 6) is -0.0700. The Morgan fingerprint density at radius 2 is 2.21 bits per heavy atom. The molecule has 1 aliphatic heterocycles. The van der Waals surface area contributed by atoms with E-state index in [4.69, 9.17) is 0 Å². The van der Waals surface area contributed by atoms with Gasteiger partial charge in [-0.1, -0.05) is 0 Å². The van der Waals surface area contributed by atoms with Gasteiger partial charge in [0, 0.05) is 32.4 Å². The molecule has 0 unspecified atom stereocenters. The number of aromatic nitrogens is 2. The van der Waals surface area contributed by atoms with E-state index in [0.717, 1.165) is 25.9 Å². The molecule has 0 atom stereocenters. The van der Waals surface area contributed by atoms with Crippen LogP contribution in [0.25, 0.3) is 0 Å². The molecule has 2 amide bonds. The average Bonchev–Trinajstić information content (AvgIpc) is 2.95. The number of hydrogen-bond donors (Lipinski definition) is 3. The first kappa shape index (κ1) is 13.5. The van der Waals surface area contributed by atoms with Crippen LogP contribution in [0.1, 0.15) is 23.2 Å². The van der Waals surface area contributed by atoms with Crippen molar-refractivity contribution in [3.63, 3.8) is 0 Å². The molecule has 0 spiro atoms. The maximum Gasteiger partial charge on any atom is 0.254 e. The molecule has 19 heavy (non-hydrogen) atoms. The van der Waals surface area contributed by atoms with Crippen molar-refractivity contribution in [1.29, 1.82) is 0 Å². The Kier molecular flexibility index (Phi) is 4.51. The number of rotatable bonds is 4. The summed E-state index contributed by atoms with van der Waals surface area (Å²) in [6, 6.07) is 0.170. The van der Waals surface area contributed by atoms with Crippen LogP contribution >= 0.6 is 0 Å². The molecule has 0 saturated carbocycles. The molecule has 1 saturated heterocycles. The van der Waals surface area contributed by atoms with Crippen molar-refractivity contribution in [3.05, 3.63) is 18.0 Å². The van der Waals surface area contributed by atoms with Gasteiger partial charge in [0.1, 0.15) is 0 Å². The lowest BCUT2D eigenvalue weighted by molar-refractivity contribution is -0.122. The number of nitrogens with one attached hydrogen (secondary N) is 3. The predicted octanol–water partition coefficient (Wildman–Crippen LogP) is -0.650. The molecule has 1 aromatic heterocycles. The first-order valence-corrected chi connectivity index (χ1v) is 6.41. The monoisotopic (exact) mass is 265 g/mol. The smallest absolute Gasteiger partial charge is 0.254 e. The van der Waals surface area contributed by atoms with E-state index in [1.54, 1.807) is 13.2 Å². The summed E-state index contributed by atoms with van der Waals surface area (Å²) in [5, 5.41) is 12.0. The number of likely N-dealkylation sites (tertiary alicyclic amines) is 1. The van der Waals surface area contributed by atoms with Gasteiger partial charge in [0.2, 0.25) is 5.91 Å². The van der Waals surface area contributed by atoms with Crippen molar-refractivity contribution in [3.8, 4) is 0 Å². The second-order valence-corrected chi connectivity index (χ2v) is 4.68. The zero-order valence-corrected chi connectivity index (χ0v) is 11.0. The molecule has 2 rings (SSSR count). The van der Waals surface area contributed by atoms with Gasteiger partial charge in [0.05, 0.1) is 18.3 Å². The van der Waals surface area contributed by atoms with E-state index in [0.29, 0.717) is 12.1 Å². The number of aromatic amines is 1. The molecule has 3 N–H and O–H groups in total. The number of hydrogen-bond acceptors (Lipinski definition) is 4. The third kappa shape index (κ3) is 3.78. The van der Waals surface area contributed by atoms with Gasteiger partial charge in [-0.2, -0.15) is 5.10 Å². The summed E-state index contributed by atoms with van der Waals surface area (Å²) in [5.41, 5.74) is 0.549. The quantitative estimate of drug-likeness (QED) is 0.675. The van der Waals surface area contributed by atoms with Gasteiger partial charge < -0.3 is 10.6 Å². The van der Waals surface area contributed by atoms with E-state index in [1.807, 2.05) is 0 Å². The second kappa shape index (κ2) is 6.33. The van der Waals surface area contributed by atoms with Crippen molar-refractivity contribution in [2.24, 2.45) is 0 Å². The lowest BCUT2D eigenvalue weighted by atomic mass is 10.0. The summed E-state index contributed by atoms with van der Waals surface area (Å²) < 4.78 is 0. The zero-order chi connectivity index (χ0) is 13.7. The Morgan fingerprint density at radius 3 is 2.79 bits per heavy atom. The van der Waals surface area contributed by atoms with E-state index in [-0.39, 0.29) is 17.9 Å². The van der Waals surface area contributed by atoms with E-state index in [9.17, 15) is 9.59 Å². The molecule has 1 aliphatic rings. The van der Waals surface area contributed by atoms with Gasteiger partial charge in [0.15, 0.2) is 0 Å². The average molecular weight is 265 g/mol. The van der Waals surface area contributed by atoms with Gasteiger partial charge in [-0.05, 0) is 12.8 Å². The molecule has 0 aromatic carbocycles. The fourth-order valence-corrected chi connectivity index (χ4v) is 2.16. The lowest BCUT2D eigenvalue weighted by Gasteiger charge is -2.31. The molecule has 7 heteroatoms. The Morgan fingerprint density at radius 1 is 1.47 bits per heavy atom. The van der Waals surface area contributed by atoms with Crippen molar-refractivity contribution in [2.45, 2.75) is 18.9 Å². The highest BCUT2D eigenvalue weighted by Crippen LogP contribution is 2.10. The minimum Gasteiger partial charge on any atom is -0.358 e. The van der Waals surface area contributed by atoms with Gasteiger partial charge in [-0.15, -0.1) is 0 Å². The van der Waals surface area contributed by atoms with Crippen molar-refractivity contribution < 1.29 is 9.59 Å². The van der Waals surface area contributed by atoms with Gasteiger partial charge in [-0.25, -0.2) is 0 Å². The predicted molar refractivity (Wildman–Crippen MR) is 69.6 cm³/mol. The van der Waals surface area contributed by atoms with Crippen LogP contribution in [0.15, 0.2) is 12.4 Å². The van der Waals surface area contributed by atoms with E-state index >= 15 is 0 Å². The fraction of sp³-hybridized carbons (Fsp3) is 0.583. The van der Waals surface area contributed by atoms with Crippen molar-refractivity contribution in [1.82, 2.24) is 25.7 Å². The molecule has 2 heterocycles. The number of likely N-dealkylation sites (N-methyl/N-ethyl adjacent to an activating group) is 1. The van der Waals surface area contributed by atoms with Gasteiger partial charge >= 0.3 is 0 Å². The van der Waals surface area contributed by atoms with Crippen LogP contribution in [0.2, 0.25) is 0 Å². The Balaban J connectivity index is 1.74. The fourth-order valence-electron chi connectivity index (χ4n) is 2.16. The highest BCUT2D eigenvalue weighted by molar-refractivity contribution is 5.93. The summed E-state index contributed by atoms with van der Waals surface area (Å²) in [6.07, 6.45) is 4.81. The minimum absolute atomic E-state index is 0.0286. The maximum absolute atomic E-state index is 11.8. The normalized spacial score (nSPS) is 17.1. The van der Waals surface area contributed by atoms with Crippen LogP contribution in [0.3, 0.4) is 0 Å². The van der Waals surface area contributed by atoms with Crippen LogP contribution in [0.5, 0.6) is 0 Å². The van der Waals surface area contributed by atoms with Gasteiger partial charge in [0.25, 0.3) is 5.91 Å². The topological polar surface area (TPSA) is 90.1 Å². The highest BCUT2D eigenvalue weighted by Gasteiger charge is 2.22. The molecule has 7 nitrogen and oxygen atoms in total. The lowest BCUT2D eigenvalue weighted by Crippen LogP contribution is -2.47. The third-order valence-electron chi connectivity index (χ3n) is 3.33. The van der Waals surface area contributed by atoms with Crippen LogP contribution in [-0.4, -0.2) is 59.6 Å². The molecular weight excluding hydrogens is 246 g/mol. The number of amides is 2. The summed E-state index contributed by atoms with van der Waals surface area (Å²) in [4.78, 5) is 25.2. The molecule has 104 valence electrons. The van der Waals surface area contributed by atoms with Crippen LogP contribution in [0, 0.1) is 0 Å². The highest BCUT2D eigenvalue weighted by atomic mass is 16.2. The van der Waals surface area contributed by atoms with Crippen molar-refractivity contribution >= 4 is 11.8 Å². The Labute approximate surface area is 111 Å². The standard InChI is InChI=1S/C12H19N5O2/c1-13-11(18)8-17-4-2-10(3-5-17)16-12(19)9-6-14-15-7-9/h6-7,10H,2-5,8H2,1H3,(H,13,18)(H,14,15)(H,16,19). The minimum atomic E-state index is -0.0986. The third-order valence-corrected chi connectivity index (χ3v) is 3.33. The van der Waals surface area contributed by atoms with Crippen LogP contribution in [0.4, 0.5) is 0 Å². The SMILES string of the molecule is CNC(=O)CN1CCC(NC(=O)c2cn[nH]c2)CC1. The molecule has 0 aliphatic carbocycles. The largest absolute Gasteiger partial charge is 0.358 e. The first-order chi connectivity index (χ1) is 9.19. The molecule has 1 aromatic rings. The summed E-state index contributed by atoms with van der Waals surface area (Å²) in [6.45, 7) is 2.08. The number of carbonyl (C=O) groups is 2. The number of H-pyrrole nitrogens is 1. The number of carbonyl (C=O) groups excluding carboxylic acids is 2. The number of piperidine rings is 1. The summed E-state index contributed by atoms with van der Waals surface area (Å²) >= 11 is 0. The second-order valence-electron chi connectivity index (χ2n) is 4.68. The van der Waals surface area contributed by atoms with E-state index in [1.165, 1.54) is 6.20 Å². The zero-order valence-electron chi connectivity index (χ0n) is 11.0. The first-order valence-electron chi connectivity index (χ1n) is 6.41. The van der Waals surface area contributed by atoms with E-state index < -0.39 is 0 Å². The van der Waals surface area contributed by atoms with Crippen molar-refractivity contribution in [2.75, 3.05) is 26.7 Å². The molecule has 0 radical (unpaired) electrons. The molecular formula is C12H19N5O2. The van der Waals surface area contributed by atoms with Crippen LogP contribution < -0.4 is 10.6 Å². The van der Waals surface area contributed by atoms with Crippen LogP contribution in [-0.2, 0) is 4.79 Å². The molecule has 1 fully saturated rings. The summed E-state index contributed by atoms with van der Waals surface area (Å²) in [7, 11) is 1.64. The van der Waals surface area contributed by atoms with Gasteiger partial charge in [-0.3, -0.25) is 19.6 Å². The maximum atomic E-state index is 11.8. The number of nitrogens with zero attached hydrogens (tertiary/aromatic N) is 2. The Hall–Kier alpha value is -1.89.